The van der Waals surface area contributed by atoms with E-state index in [1.165, 1.54) is 11.0 Å². The Morgan fingerprint density at radius 1 is 1.05 bits per heavy atom. The van der Waals surface area contributed by atoms with E-state index in [4.69, 9.17) is 5.73 Å². The zero-order valence-electron chi connectivity index (χ0n) is 21.5. The molecule has 2 amide bonds. The van der Waals surface area contributed by atoms with Gasteiger partial charge in [-0.3, -0.25) is 14.5 Å². The lowest BCUT2D eigenvalue weighted by Gasteiger charge is -2.22. The minimum absolute atomic E-state index is 0.0500. The van der Waals surface area contributed by atoms with Gasteiger partial charge in [-0.2, -0.15) is 13.2 Å². The monoisotopic (exact) mass is 510 g/mol. The van der Waals surface area contributed by atoms with Crippen molar-refractivity contribution in [3.05, 3.63) is 76.5 Å². The van der Waals surface area contributed by atoms with Crippen LogP contribution in [0.15, 0.2) is 48.7 Å². The quantitative estimate of drug-likeness (QED) is 0.466. The van der Waals surface area contributed by atoms with Gasteiger partial charge in [0.15, 0.2) is 0 Å². The fourth-order valence-corrected chi connectivity index (χ4v) is 4.47. The van der Waals surface area contributed by atoms with Crippen LogP contribution in [-0.4, -0.2) is 23.8 Å². The molecule has 3 N–H and O–H groups in total. The summed E-state index contributed by atoms with van der Waals surface area (Å²) >= 11 is 0. The molecule has 0 fully saturated rings. The molecule has 0 radical (unpaired) electrons. The van der Waals surface area contributed by atoms with E-state index in [2.05, 4.69) is 10.3 Å². The zero-order valence-corrected chi connectivity index (χ0v) is 21.5. The number of rotatable bonds is 4. The smallest absolute Gasteiger partial charge is 0.322 e. The first-order chi connectivity index (χ1) is 17.0. The van der Waals surface area contributed by atoms with E-state index in [1.807, 2.05) is 26.8 Å². The molecule has 3 aromatic rings. The molecule has 0 saturated carbocycles. The second-order valence-electron chi connectivity index (χ2n) is 10.6. The van der Waals surface area contributed by atoms with Crippen LogP contribution in [0.25, 0.3) is 11.1 Å². The second-order valence-corrected chi connectivity index (χ2v) is 10.6. The van der Waals surface area contributed by atoms with Crippen LogP contribution >= 0.6 is 0 Å². The van der Waals surface area contributed by atoms with Gasteiger partial charge in [0.05, 0.1) is 11.0 Å². The molecule has 0 unspecified atom stereocenters. The van der Waals surface area contributed by atoms with Gasteiger partial charge in [0.2, 0.25) is 5.91 Å². The van der Waals surface area contributed by atoms with E-state index >= 15 is 0 Å². The van der Waals surface area contributed by atoms with Crippen molar-refractivity contribution in [3.8, 4) is 11.1 Å². The van der Waals surface area contributed by atoms with E-state index in [0.717, 1.165) is 34.4 Å². The van der Waals surface area contributed by atoms with E-state index in [-0.39, 0.29) is 17.0 Å². The number of hydrogen-bond acceptors (Lipinski definition) is 4. The molecule has 6 nitrogen and oxygen atoms in total. The Balaban J connectivity index is 1.70. The number of alkyl halides is 3. The van der Waals surface area contributed by atoms with Crippen LogP contribution in [0.3, 0.4) is 0 Å². The third kappa shape index (κ3) is 4.83. The summed E-state index contributed by atoms with van der Waals surface area (Å²) in [5.41, 5.74) is 6.99. The molecule has 1 aliphatic rings. The fraction of sp³-hybridized carbons (Fsp3) is 0.321. The number of carbonyl (C=O) groups excluding carboxylic acids is 2. The van der Waals surface area contributed by atoms with Crippen LogP contribution < -0.4 is 16.0 Å². The van der Waals surface area contributed by atoms with E-state index in [9.17, 15) is 22.8 Å². The van der Waals surface area contributed by atoms with Crippen molar-refractivity contribution in [3.63, 3.8) is 0 Å². The van der Waals surface area contributed by atoms with Gasteiger partial charge in [0.1, 0.15) is 5.82 Å². The first-order valence-corrected chi connectivity index (χ1v) is 11.7. The molecule has 1 aromatic heterocycles. The van der Waals surface area contributed by atoms with Crippen LogP contribution in [0.1, 0.15) is 60.3 Å². The molecule has 4 rings (SSSR count). The molecule has 1 aliphatic heterocycles. The fourth-order valence-electron chi connectivity index (χ4n) is 4.47. The largest absolute Gasteiger partial charge is 0.416 e. The number of aromatic nitrogens is 1. The summed E-state index contributed by atoms with van der Waals surface area (Å²) in [4.78, 5) is 31.7. The van der Waals surface area contributed by atoms with Gasteiger partial charge in [-0.15, -0.1) is 0 Å². The number of benzene rings is 2. The zero-order chi connectivity index (χ0) is 27.5. The summed E-state index contributed by atoms with van der Waals surface area (Å²) in [7, 11) is 1.69. The Hall–Kier alpha value is -3.72. The van der Waals surface area contributed by atoms with Crippen molar-refractivity contribution < 1.29 is 22.8 Å². The highest BCUT2D eigenvalue weighted by Crippen LogP contribution is 2.41. The lowest BCUT2D eigenvalue weighted by molar-refractivity contribution is -0.137. The third-order valence-corrected chi connectivity index (χ3v) is 6.77. The highest BCUT2D eigenvalue weighted by Gasteiger charge is 2.43. The van der Waals surface area contributed by atoms with Gasteiger partial charge in [0.25, 0.3) is 5.91 Å². The second kappa shape index (κ2) is 8.69. The summed E-state index contributed by atoms with van der Waals surface area (Å²) in [5, 5.41) is 2.71. The highest BCUT2D eigenvalue weighted by atomic mass is 19.4. The number of nitrogens with two attached hydrogens (primary N) is 1. The van der Waals surface area contributed by atoms with Crippen LogP contribution in [0.2, 0.25) is 0 Å². The summed E-state index contributed by atoms with van der Waals surface area (Å²) in [6.45, 7) is 8.75. The van der Waals surface area contributed by atoms with Crippen LogP contribution in [0.4, 0.5) is 24.7 Å². The highest BCUT2D eigenvalue weighted by molar-refractivity contribution is 6.07. The minimum atomic E-state index is -4.63. The van der Waals surface area contributed by atoms with Crippen molar-refractivity contribution in [2.24, 2.45) is 5.73 Å². The Labute approximate surface area is 213 Å². The molecule has 2 heterocycles. The summed E-state index contributed by atoms with van der Waals surface area (Å²) in [6.07, 6.45) is -2.96. The van der Waals surface area contributed by atoms with Gasteiger partial charge >= 0.3 is 6.18 Å². The topological polar surface area (TPSA) is 88.3 Å². The van der Waals surface area contributed by atoms with Crippen molar-refractivity contribution in [1.29, 1.82) is 0 Å². The van der Waals surface area contributed by atoms with Gasteiger partial charge in [-0.1, -0.05) is 6.07 Å². The van der Waals surface area contributed by atoms with Gasteiger partial charge in [0, 0.05) is 41.2 Å². The Morgan fingerprint density at radius 2 is 1.70 bits per heavy atom. The predicted molar refractivity (Wildman–Crippen MR) is 137 cm³/mol. The first kappa shape index (κ1) is 26.3. The summed E-state index contributed by atoms with van der Waals surface area (Å²) in [5.74, 6) is -0.137. The number of amides is 2. The average Bonchev–Trinajstić information content (AvgIpc) is 2.98. The predicted octanol–water partition coefficient (Wildman–Crippen LogP) is 5.78. The molecule has 194 valence electrons. The molecule has 0 spiro atoms. The number of likely N-dealkylation sites (N-methyl/N-ethyl adjacent to an activating group) is 1. The number of carbonyl (C=O) groups is 2. The molecule has 37 heavy (non-hydrogen) atoms. The number of aryl methyl sites for hydroxylation is 1. The van der Waals surface area contributed by atoms with Gasteiger partial charge < -0.3 is 11.1 Å². The molecule has 0 atom stereocenters. The summed E-state index contributed by atoms with van der Waals surface area (Å²) in [6, 6.07) is 10.3. The van der Waals surface area contributed by atoms with Gasteiger partial charge in [-0.05, 0) is 87.7 Å². The number of pyridine rings is 1. The van der Waals surface area contributed by atoms with Crippen LogP contribution in [0.5, 0.6) is 0 Å². The maximum absolute atomic E-state index is 13.5. The maximum atomic E-state index is 13.5. The maximum Gasteiger partial charge on any atom is 0.416 e. The molecule has 0 bridgehead atoms. The van der Waals surface area contributed by atoms with Crippen molar-refractivity contribution in [1.82, 2.24) is 4.98 Å². The molecule has 0 saturated heterocycles. The number of hydrogen-bond donors (Lipinski definition) is 2. The number of fused-ring (bicyclic) bond motifs is 1. The summed E-state index contributed by atoms with van der Waals surface area (Å²) < 4.78 is 40.5. The average molecular weight is 511 g/mol. The van der Waals surface area contributed by atoms with Crippen molar-refractivity contribution >= 4 is 23.3 Å². The third-order valence-electron chi connectivity index (χ3n) is 6.77. The Bertz CT molecular complexity index is 1390. The minimum Gasteiger partial charge on any atom is -0.322 e. The molecule has 0 aliphatic carbocycles. The lowest BCUT2D eigenvalue weighted by atomic mass is 9.85. The first-order valence-electron chi connectivity index (χ1n) is 11.7. The number of anilines is 2. The molecule has 2 aromatic carbocycles. The molecular weight excluding hydrogens is 481 g/mol. The number of nitrogens with zero attached hydrogens (tertiary/aromatic N) is 2. The van der Waals surface area contributed by atoms with E-state index < -0.39 is 28.6 Å². The molecular formula is C28H29F3N4O2. The van der Waals surface area contributed by atoms with E-state index in [1.54, 1.807) is 45.3 Å². The normalized spacial score (nSPS) is 15.1. The van der Waals surface area contributed by atoms with E-state index in [0.29, 0.717) is 11.5 Å². The van der Waals surface area contributed by atoms with Crippen LogP contribution in [-0.2, 0) is 21.9 Å². The SMILES string of the molecule is Cc1ccc(NC(=O)c2cc(C(C)(C)N)cc(C(F)(F)F)c2)cc1-c1cnc2c(c1)C(C)(C)C(=O)N2C. The van der Waals surface area contributed by atoms with Crippen molar-refractivity contribution in [2.45, 2.75) is 51.7 Å². The Morgan fingerprint density at radius 3 is 2.32 bits per heavy atom. The number of halogens is 3. The number of nitrogens with one attached hydrogen (secondary N) is 1. The Kier molecular flexibility index (Phi) is 6.19. The van der Waals surface area contributed by atoms with Gasteiger partial charge in [-0.25, -0.2) is 4.98 Å². The lowest BCUT2D eigenvalue weighted by Crippen LogP contribution is -2.33. The molecule has 9 heteroatoms. The van der Waals surface area contributed by atoms with Crippen LogP contribution in [0, 0.1) is 6.92 Å². The standard InChI is InChI=1S/C28H29F3N4O2/c1-15-7-8-20(13-21(15)17-11-22-23(33-14-17)35(6)25(37)26(22,2)3)34-24(36)16-9-18(27(4,5)32)12-19(10-16)28(29,30)31/h7-14H,32H2,1-6H3,(H,34,36). The van der Waals surface area contributed by atoms with Crippen molar-refractivity contribution in [2.75, 3.05) is 17.3 Å².